The first-order valence-corrected chi connectivity index (χ1v) is 8.38. The van der Waals surface area contributed by atoms with Crippen molar-refractivity contribution in [1.29, 1.82) is 0 Å². The average molecular weight is 382 g/mol. The molecule has 1 atom stereocenters. The number of ether oxygens (including phenoxy) is 2. The fraction of sp³-hybridized carbons (Fsp3) is 0.222. The smallest absolute Gasteiger partial charge is 0.347 e. The van der Waals surface area contributed by atoms with Crippen LogP contribution in [-0.4, -0.2) is 24.6 Å². The van der Waals surface area contributed by atoms with E-state index in [0.29, 0.717) is 27.9 Å². The molecule has 7 heteroatoms. The zero-order valence-electron chi connectivity index (χ0n) is 13.5. The van der Waals surface area contributed by atoms with Crippen LogP contribution in [0.5, 0.6) is 5.75 Å². The summed E-state index contributed by atoms with van der Waals surface area (Å²) in [5.74, 6) is -0.556. The highest BCUT2D eigenvalue weighted by molar-refractivity contribution is 6.36. The van der Waals surface area contributed by atoms with Crippen molar-refractivity contribution in [2.45, 2.75) is 19.4 Å². The van der Waals surface area contributed by atoms with Crippen molar-refractivity contribution in [3.63, 3.8) is 0 Å². The minimum Gasteiger partial charge on any atom is -0.479 e. The van der Waals surface area contributed by atoms with Gasteiger partial charge >= 0.3 is 5.97 Å². The molecule has 5 nitrogen and oxygen atoms in total. The molecule has 0 aliphatic carbocycles. The fourth-order valence-electron chi connectivity index (χ4n) is 1.97. The molecule has 0 aromatic heterocycles. The molecule has 2 aromatic carbocycles. The summed E-state index contributed by atoms with van der Waals surface area (Å²) in [6.45, 7) is 1.36. The predicted octanol–water partition coefficient (Wildman–Crippen LogP) is 4.33. The van der Waals surface area contributed by atoms with Gasteiger partial charge in [-0.2, -0.15) is 0 Å². The van der Waals surface area contributed by atoms with Crippen molar-refractivity contribution in [3.05, 3.63) is 58.6 Å². The maximum atomic E-state index is 12.1. The normalized spacial score (nSPS) is 11.5. The summed E-state index contributed by atoms with van der Waals surface area (Å²) < 4.78 is 10.6. The summed E-state index contributed by atoms with van der Waals surface area (Å²) >= 11 is 11.8. The number of nitrogens with one attached hydrogen (secondary N) is 1. The third-order valence-corrected chi connectivity index (χ3v) is 3.75. The Morgan fingerprint density at radius 1 is 1.12 bits per heavy atom. The van der Waals surface area contributed by atoms with E-state index in [1.165, 1.54) is 6.07 Å². The molecule has 25 heavy (non-hydrogen) atoms. The van der Waals surface area contributed by atoms with E-state index in [4.69, 9.17) is 32.7 Å². The molecule has 0 saturated heterocycles. The number of hydrogen-bond acceptors (Lipinski definition) is 4. The van der Waals surface area contributed by atoms with E-state index in [9.17, 15) is 9.59 Å². The summed E-state index contributed by atoms with van der Waals surface area (Å²) in [5.41, 5.74) is 0.389. The van der Waals surface area contributed by atoms with Crippen molar-refractivity contribution in [3.8, 4) is 5.75 Å². The fourth-order valence-corrected chi connectivity index (χ4v) is 2.42. The summed E-state index contributed by atoms with van der Waals surface area (Å²) in [4.78, 5) is 24.0. The highest BCUT2D eigenvalue weighted by Crippen LogP contribution is 2.25. The Morgan fingerprint density at radius 2 is 1.84 bits per heavy atom. The second-order valence-corrected chi connectivity index (χ2v) is 5.95. The molecule has 0 aliphatic rings. The number of amides is 1. The summed E-state index contributed by atoms with van der Waals surface area (Å²) in [6, 6.07) is 13.6. The van der Waals surface area contributed by atoms with E-state index in [-0.39, 0.29) is 0 Å². The van der Waals surface area contributed by atoms with Crippen molar-refractivity contribution >= 4 is 40.8 Å². The van der Waals surface area contributed by atoms with Crippen LogP contribution in [0, 0.1) is 0 Å². The highest BCUT2D eigenvalue weighted by Gasteiger charge is 2.21. The van der Waals surface area contributed by atoms with Crippen molar-refractivity contribution in [1.82, 2.24) is 0 Å². The number of hydrogen-bond donors (Lipinski definition) is 1. The molecule has 1 N–H and O–H groups in total. The van der Waals surface area contributed by atoms with Gasteiger partial charge in [0.25, 0.3) is 5.91 Å². The van der Waals surface area contributed by atoms with Crippen LogP contribution in [0.3, 0.4) is 0 Å². The van der Waals surface area contributed by atoms with Crippen LogP contribution >= 0.6 is 23.2 Å². The van der Waals surface area contributed by atoms with Gasteiger partial charge in [-0.3, -0.25) is 4.79 Å². The third kappa shape index (κ3) is 5.96. The lowest BCUT2D eigenvalue weighted by atomic mass is 10.2. The number of carbonyl (C=O) groups is 2. The maximum Gasteiger partial charge on any atom is 0.347 e. The van der Waals surface area contributed by atoms with Crippen molar-refractivity contribution in [2.24, 2.45) is 0 Å². The van der Waals surface area contributed by atoms with Crippen LogP contribution in [0.4, 0.5) is 5.69 Å². The largest absolute Gasteiger partial charge is 0.479 e. The lowest BCUT2D eigenvalue weighted by molar-refractivity contribution is -0.154. The summed E-state index contributed by atoms with van der Waals surface area (Å²) in [7, 11) is 0. The topological polar surface area (TPSA) is 64.6 Å². The number of anilines is 1. The molecule has 2 aromatic rings. The first-order valence-electron chi connectivity index (χ1n) is 7.63. The van der Waals surface area contributed by atoms with E-state index in [0.717, 1.165) is 0 Å². The molecule has 0 radical (unpaired) electrons. The second-order valence-electron chi connectivity index (χ2n) is 5.11. The third-order valence-electron chi connectivity index (χ3n) is 3.21. The monoisotopic (exact) mass is 381 g/mol. The minimum absolute atomic E-state index is 0.297. The standard InChI is InChI=1S/C18H17Cl2NO4/c1-2-16(25-13-6-4-3-5-7-13)18(23)24-11-17(22)21-15-9-8-12(19)10-14(15)20/h3-10,16H,2,11H2,1H3,(H,21,22)/t16-/m0/s1. The number of halogens is 2. The zero-order valence-corrected chi connectivity index (χ0v) is 15.0. The summed E-state index contributed by atoms with van der Waals surface area (Å²) in [6.07, 6.45) is -0.368. The number of para-hydroxylation sites is 1. The Labute approximate surface area is 155 Å². The van der Waals surface area contributed by atoms with Crippen LogP contribution in [0.1, 0.15) is 13.3 Å². The van der Waals surface area contributed by atoms with Gasteiger partial charge in [-0.25, -0.2) is 4.79 Å². The molecule has 1 amide bonds. The van der Waals surface area contributed by atoms with Crippen LogP contribution in [0.2, 0.25) is 10.0 Å². The quantitative estimate of drug-likeness (QED) is 0.724. The Bertz CT molecular complexity index is 737. The van der Waals surface area contributed by atoms with Gasteiger partial charge < -0.3 is 14.8 Å². The molecule has 0 heterocycles. The van der Waals surface area contributed by atoms with Crippen LogP contribution in [0.15, 0.2) is 48.5 Å². The lowest BCUT2D eigenvalue weighted by Gasteiger charge is -2.16. The van der Waals surface area contributed by atoms with Crippen LogP contribution < -0.4 is 10.1 Å². The van der Waals surface area contributed by atoms with E-state index >= 15 is 0 Å². The molecular weight excluding hydrogens is 365 g/mol. The van der Waals surface area contributed by atoms with Gasteiger partial charge in [0, 0.05) is 5.02 Å². The first kappa shape index (κ1) is 19.1. The molecule has 0 spiro atoms. The summed E-state index contributed by atoms with van der Waals surface area (Å²) in [5, 5.41) is 3.31. The van der Waals surface area contributed by atoms with Crippen molar-refractivity contribution < 1.29 is 19.1 Å². The Hall–Kier alpha value is -2.24. The average Bonchev–Trinajstić information content (AvgIpc) is 2.61. The lowest BCUT2D eigenvalue weighted by Crippen LogP contribution is -2.31. The Balaban J connectivity index is 1.86. The predicted molar refractivity (Wildman–Crippen MR) is 97.2 cm³/mol. The number of rotatable bonds is 7. The van der Waals surface area contributed by atoms with Gasteiger partial charge in [0.05, 0.1) is 10.7 Å². The Morgan fingerprint density at radius 3 is 2.48 bits per heavy atom. The SMILES string of the molecule is CC[C@H](Oc1ccccc1)C(=O)OCC(=O)Nc1ccc(Cl)cc1Cl. The van der Waals surface area contributed by atoms with E-state index in [1.54, 1.807) is 43.3 Å². The number of benzene rings is 2. The maximum absolute atomic E-state index is 12.1. The second kappa shape index (κ2) is 9.30. The van der Waals surface area contributed by atoms with Gasteiger partial charge in [-0.1, -0.05) is 48.3 Å². The molecule has 2 rings (SSSR count). The highest BCUT2D eigenvalue weighted by atomic mass is 35.5. The van der Waals surface area contributed by atoms with Crippen LogP contribution in [0.25, 0.3) is 0 Å². The molecule has 132 valence electrons. The van der Waals surface area contributed by atoms with Gasteiger partial charge in [-0.15, -0.1) is 0 Å². The molecule has 0 unspecified atom stereocenters. The Kier molecular flexibility index (Phi) is 7.10. The molecule has 0 fully saturated rings. The van der Waals surface area contributed by atoms with E-state index in [1.807, 2.05) is 6.07 Å². The van der Waals surface area contributed by atoms with Gasteiger partial charge in [0.2, 0.25) is 0 Å². The molecular formula is C18H17Cl2NO4. The van der Waals surface area contributed by atoms with E-state index < -0.39 is 24.6 Å². The van der Waals surface area contributed by atoms with Gasteiger partial charge in [0.15, 0.2) is 12.7 Å². The van der Waals surface area contributed by atoms with Crippen LogP contribution in [-0.2, 0) is 14.3 Å². The zero-order chi connectivity index (χ0) is 18.2. The van der Waals surface area contributed by atoms with Gasteiger partial charge in [0.1, 0.15) is 5.75 Å². The van der Waals surface area contributed by atoms with E-state index in [2.05, 4.69) is 5.32 Å². The number of carbonyl (C=O) groups excluding carboxylic acids is 2. The first-order chi connectivity index (χ1) is 12.0. The molecule has 0 saturated carbocycles. The molecule has 0 bridgehead atoms. The number of esters is 1. The molecule has 0 aliphatic heterocycles. The van der Waals surface area contributed by atoms with Gasteiger partial charge in [-0.05, 0) is 36.8 Å². The van der Waals surface area contributed by atoms with Crippen molar-refractivity contribution in [2.75, 3.05) is 11.9 Å². The minimum atomic E-state index is -0.783.